The molecule has 0 aromatic heterocycles. The second-order valence-electron chi connectivity index (χ2n) is 6.85. The number of rotatable bonds is 5. The van der Waals surface area contributed by atoms with Crippen LogP contribution in [0.3, 0.4) is 0 Å². The van der Waals surface area contributed by atoms with Gasteiger partial charge >= 0.3 is 0 Å². The first-order valence-corrected chi connectivity index (χ1v) is 9.47. The molecule has 0 amide bonds. The quantitative estimate of drug-likeness (QED) is 0.356. The summed E-state index contributed by atoms with van der Waals surface area (Å²) in [5.41, 5.74) is 1.24. The number of benzene rings is 2. The SMILES string of the molecule is CN=C(NCCc1cccc(F)c1F)NC1CCN(c2cccc(F)c2)CC1.I. The molecule has 2 aromatic carbocycles. The lowest BCUT2D eigenvalue weighted by atomic mass is 10.0. The fourth-order valence-electron chi connectivity index (χ4n) is 3.40. The van der Waals surface area contributed by atoms with Gasteiger partial charge in [-0.3, -0.25) is 4.99 Å². The minimum atomic E-state index is -0.829. The number of nitrogens with zero attached hydrogens (tertiary/aromatic N) is 2. The Hall–Kier alpha value is -1.97. The highest BCUT2D eigenvalue weighted by Gasteiger charge is 2.20. The molecule has 1 aliphatic heterocycles. The van der Waals surface area contributed by atoms with Crippen LogP contribution in [0.25, 0.3) is 0 Å². The largest absolute Gasteiger partial charge is 0.371 e. The minimum Gasteiger partial charge on any atom is -0.371 e. The molecule has 0 saturated carbocycles. The van der Waals surface area contributed by atoms with E-state index in [9.17, 15) is 13.2 Å². The van der Waals surface area contributed by atoms with Crippen LogP contribution in [0.4, 0.5) is 18.9 Å². The summed E-state index contributed by atoms with van der Waals surface area (Å²) < 4.78 is 40.4. The highest BCUT2D eigenvalue weighted by molar-refractivity contribution is 14.0. The van der Waals surface area contributed by atoms with Crippen molar-refractivity contribution in [3.63, 3.8) is 0 Å². The van der Waals surface area contributed by atoms with Crippen LogP contribution in [0.2, 0.25) is 0 Å². The summed E-state index contributed by atoms with van der Waals surface area (Å²) in [6, 6.07) is 11.1. The first kappa shape index (κ1) is 23.3. The Balaban J connectivity index is 0.00000300. The monoisotopic (exact) mass is 518 g/mol. The van der Waals surface area contributed by atoms with Gasteiger partial charge in [-0.25, -0.2) is 13.2 Å². The number of aliphatic imine (C=N–C) groups is 1. The van der Waals surface area contributed by atoms with Gasteiger partial charge in [-0.15, -0.1) is 24.0 Å². The van der Waals surface area contributed by atoms with Crippen LogP contribution < -0.4 is 15.5 Å². The van der Waals surface area contributed by atoms with Crippen molar-refractivity contribution in [2.75, 3.05) is 31.6 Å². The molecule has 2 N–H and O–H groups in total. The minimum absolute atomic E-state index is 0. The number of halogens is 4. The third-order valence-electron chi connectivity index (χ3n) is 4.95. The van der Waals surface area contributed by atoms with Gasteiger partial charge in [0.15, 0.2) is 17.6 Å². The lowest BCUT2D eigenvalue weighted by Crippen LogP contribution is -2.49. The van der Waals surface area contributed by atoms with Crippen molar-refractivity contribution in [2.24, 2.45) is 4.99 Å². The van der Waals surface area contributed by atoms with Crippen LogP contribution in [0.1, 0.15) is 18.4 Å². The highest BCUT2D eigenvalue weighted by Crippen LogP contribution is 2.20. The Morgan fingerprint density at radius 3 is 2.52 bits per heavy atom. The summed E-state index contributed by atoms with van der Waals surface area (Å²) in [4.78, 5) is 6.38. The zero-order valence-electron chi connectivity index (χ0n) is 16.3. The van der Waals surface area contributed by atoms with Crippen LogP contribution in [-0.4, -0.2) is 38.7 Å². The number of hydrogen-bond donors (Lipinski definition) is 2. The maximum Gasteiger partial charge on any atom is 0.191 e. The van der Waals surface area contributed by atoms with Crippen molar-refractivity contribution in [1.29, 1.82) is 0 Å². The molecular weight excluding hydrogens is 492 g/mol. The average Bonchev–Trinajstić information content (AvgIpc) is 2.71. The van der Waals surface area contributed by atoms with Crippen LogP contribution in [0, 0.1) is 17.5 Å². The van der Waals surface area contributed by atoms with Crippen molar-refractivity contribution in [1.82, 2.24) is 10.6 Å². The fourth-order valence-corrected chi connectivity index (χ4v) is 3.40. The molecule has 0 aliphatic carbocycles. The Kier molecular flexibility index (Phi) is 9.06. The van der Waals surface area contributed by atoms with Crippen molar-refractivity contribution in [3.05, 3.63) is 65.5 Å². The van der Waals surface area contributed by atoms with E-state index in [0.29, 0.717) is 24.5 Å². The van der Waals surface area contributed by atoms with Crippen LogP contribution in [0.5, 0.6) is 0 Å². The zero-order valence-corrected chi connectivity index (χ0v) is 18.6. The second-order valence-corrected chi connectivity index (χ2v) is 6.85. The molecule has 4 nitrogen and oxygen atoms in total. The van der Waals surface area contributed by atoms with Crippen molar-refractivity contribution < 1.29 is 13.2 Å². The Bertz CT molecular complexity index is 823. The molecule has 1 fully saturated rings. The Labute approximate surface area is 186 Å². The van der Waals surface area contributed by atoms with Crippen LogP contribution in [0.15, 0.2) is 47.5 Å². The Morgan fingerprint density at radius 2 is 1.83 bits per heavy atom. The molecule has 0 spiro atoms. The van der Waals surface area contributed by atoms with E-state index in [4.69, 9.17) is 0 Å². The van der Waals surface area contributed by atoms with Gasteiger partial charge in [-0.1, -0.05) is 18.2 Å². The maximum absolute atomic E-state index is 13.7. The summed E-state index contributed by atoms with van der Waals surface area (Å²) in [7, 11) is 1.68. The molecule has 2 aromatic rings. The highest BCUT2D eigenvalue weighted by atomic mass is 127. The average molecular weight is 518 g/mol. The van der Waals surface area contributed by atoms with Crippen molar-refractivity contribution in [2.45, 2.75) is 25.3 Å². The fraction of sp³-hybridized carbons (Fsp3) is 0.381. The third-order valence-corrected chi connectivity index (χ3v) is 4.95. The first-order chi connectivity index (χ1) is 13.6. The summed E-state index contributed by atoms with van der Waals surface area (Å²) >= 11 is 0. The summed E-state index contributed by atoms with van der Waals surface area (Å²) in [6.07, 6.45) is 2.16. The Morgan fingerprint density at radius 1 is 1.10 bits per heavy atom. The van der Waals surface area contributed by atoms with Gasteiger partial charge in [0.25, 0.3) is 0 Å². The molecule has 0 atom stereocenters. The summed E-state index contributed by atoms with van der Waals surface area (Å²) in [5.74, 6) is -1.21. The number of anilines is 1. The van der Waals surface area contributed by atoms with E-state index < -0.39 is 11.6 Å². The summed E-state index contributed by atoms with van der Waals surface area (Å²) in [5, 5.41) is 6.52. The van der Waals surface area contributed by atoms with E-state index in [1.807, 2.05) is 6.07 Å². The first-order valence-electron chi connectivity index (χ1n) is 9.47. The number of nitrogens with one attached hydrogen (secondary N) is 2. The maximum atomic E-state index is 13.7. The second kappa shape index (κ2) is 11.3. The van der Waals surface area contributed by atoms with E-state index in [0.717, 1.165) is 37.7 Å². The molecule has 1 aliphatic rings. The van der Waals surface area contributed by atoms with E-state index in [1.54, 1.807) is 25.2 Å². The molecule has 0 radical (unpaired) electrons. The number of piperidine rings is 1. The van der Waals surface area contributed by atoms with Gasteiger partial charge in [-0.05, 0) is 49.1 Å². The van der Waals surface area contributed by atoms with E-state index in [2.05, 4.69) is 20.5 Å². The standard InChI is InChI=1S/C21H25F3N4.HI/c1-25-21(26-11-8-15-4-2-7-19(23)20(15)24)27-17-9-12-28(13-10-17)18-6-3-5-16(22)14-18;/h2-7,14,17H,8-13H2,1H3,(H2,25,26,27);1H. The predicted octanol–water partition coefficient (Wildman–Crippen LogP) is 4.10. The molecule has 29 heavy (non-hydrogen) atoms. The molecule has 1 saturated heterocycles. The molecular formula is C21H26F3IN4. The molecule has 0 unspecified atom stereocenters. The predicted molar refractivity (Wildman–Crippen MR) is 122 cm³/mol. The van der Waals surface area contributed by atoms with Gasteiger partial charge < -0.3 is 15.5 Å². The normalized spacial score (nSPS) is 15.0. The van der Waals surface area contributed by atoms with Gasteiger partial charge in [0.05, 0.1) is 0 Å². The van der Waals surface area contributed by atoms with E-state index in [-0.39, 0.29) is 35.8 Å². The van der Waals surface area contributed by atoms with Gasteiger partial charge in [0.1, 0.15) is 5.82 Å². The zero-order chi connectivity index (χ0) is 19.9. The van der Waals surface area contributed by atoms with Crippen LogP contribution in [-0.2, 0) is 6.42 Å². The molecule has 0 bridgehead atoms. The van der Waals surface area contributed by atoms with Crippen LogP contribution >= 0.6 is 24.0 Å². The van der Waals surface area contributed by atoms with Gasteiger partial charge in [0.2, 0.25) is 0 Å². The molecule has 158 valence electrons. The molecule has 3 rings (SSSR count). The number of guanidine groups is 1. The molecule has 8 heteroatoms. The molecule has 1 heterocycles. The van der Waals surface area contributed by atoms with Gasteiger partial charge in [0, 0.05) is 38.4 Å². The number of hydrogen-bond acceptors (Lipinski definition) is 2. The smallest absolute Gasteiger partial charge is 0.191 e. The van der Waals surface area contributed by atoms with E-state index in [1.165, 1.54) is 12.1 Å². The topological polar surface area (TPSA) is 39.7 Å². The third kappa shape index (κ3) is 6.52. The van der Waals surface area contributed by atoms with Crippen molar-refractivity contribution in [3.8, 4) is 0 Å². The summed E-state index contributed by atoms with van der Waals surface area (Å²) in [6.45, 7) is 2.10. The lowest BCUT2D eigenvalue weighted by molar-refractivity contribution is 0.461. The van der Waals surface area contributed by atoms with Crippen molar-refractivity contribution >= 4 is 35.6 Å². The van der Waals surface area contributed by atoms with Gasteiger partial charge in [-0.2, -0.15) is 0 Å². The van der Waals surface area contributed by atoms with E-state index >= 15 is 0 Å². The lowest BCUT2D eigenvalue weighted by Gasteiger charge is -2.34.